The number of nitrogens with zero attached hydrogens (tertiary/aromatic N) is 1. The highest BCUT2D eigenvalue weighted by molar-refractivity contribution is 5.81. The number of benzene rings is 1. The van der Waals surface area contributed by atoms with E-state index < -0.39 is 0 Å². The molecule has 0 spiro atoms. The van der Waals surface area contributed by atoms with Crippen LogP contribution in [-0.4, -0.2) is 12.2 Å². The van der Waals surface area contributed by atoms with E-state index in [9.17, 15) is 0 Å². The topological polar surface area (TPSA) is 38.1 Å². The lowest BCUT2D eigenvalue weighted by molar-refractivity contribution is 0.361. The van der Waals surface area contributed by atoms with Crippen LogP contribution in [0.4, 0.5) is 0 Å². The first-order valence-electron chi connectivity index (χ1n) is 4.75. The van der Waals surface area contributed by atoms with E-state index in [0.717, 1.165) is 16.7 Å². The number of nitrogens with one attached hydrogen (secondary N) is 1. The van der Waals surface area contributed by atoms with Crippen LogP contribution in [0.25, 0.3) is 10.9 Å². The third kappa shape index (κ3) is 1.40. The van der Waals surface area contributed by atoms with Gasteiger partial charge in [0.05, 0.1) is 6.04 Å². The van der Waals surface area contributed by atoms with Gasteiger partial charge in [0.15, 0.2) is 5.76 Å². The van der Waals surface area contributed by atoms with Crippen molar-refractivity contribution < 1.29 is 4.52 Å². The Morgan fingerprint density at radius 2 is 2.21 bits per heavy atom. The van der Waals surface area contributed by atoms with Gasteiger partial charge in [-0.2, -0.15) is 0 Å². The standard InChI is InChI=1S/C11H14N2O/c1-7-4-5-10-9(6-7)11(14-13-10)8(2)12-3/h4-6,8,12H,1-3H3. The Morgan fingerprint density at radius 3 is 2.93 bits per heavy atom. The summed E-state index contributed by atoms with van der Waals surface area (Å²) in [7, 11) is 1.91. The molecule has 0 aliphatic carbocycles. The predicted octanol–water partition coefficient (Wildman–Crippen LogP) is 2.42. The first-order chi connectivity index (χ1) is 6.72. The molecule has 0 saturated carbocycles. The second kappa shape index (κ2) is 3.42. The molecule has 3 heteroatoms. The van der Waals surface area contributed by atoms with Gasteiger partial charge in [0.25, 0.3) is 0 Å². The van der Waals surface area contributed by atoms with E-state index in [2.05, 4.69) is 30.4 Å². The summed E-state index contributed by atoms with van der Waals surface area (Å²) in [4.78, 5) is 0. The molecular formula is C11H14N2O. The number of fused-ring (bicyclic) bond motifs is 1. The van der Waals surface area contributed by atoms with Gasteiger partial charge in [-0.3, -0.25) is 0 Å². The smallest absolute Gasteiger partial charge is 0.161 e. The number of hydrogen-bond donors (Lipinski definition) is 1. The highest BCUT2D eigenvalue weighted by Crippen LogP contribution is 2.24. The van der Waals surface area contributed by atoms with Crippen molar-refractivity contribution in [1.29, 1.82) is 0 Å². The highest BCUT2D eigenvalue weighted by Gasteiger charge is 2.13. The summed E-state index contributed by atoms with van der Waals surface area (Å²) in [5, 5.41) is 8.26. The van der Waals surface area contributed by atoms with Gasteiger partial charge in [-0.25, -0.2) is 0 Å². The minimum absolute atomic E-state index is 0.196. The number of hydrogen-bond acceptors (Lipinski definition) is 3. The molecule has 0 aliphatic rings. The SMILES string of the molecule is CNC(C)c1onc2ccc(C)cc12. The highest BCUT2D eigenvalue weighted by atomic mass is 16.5. The van der Waals surface area contributed by atoms with Crippen LogP contribution in [0.1, 0.15) is 24.3 Å². The quantitative estimate of drug-likeness (QED) is 0.790. The van der Waals surface area contributed by atoms with E-state index in [0.29, 0.717) is 0 Å². The molecule has 2 rings (SSSR count). The molecule has 1 atom stereocenters. The summed E-state index contributed by atoms with van der Waals surface area (Å²) in [6.45, 7) is 4.13. The van der Waals surface area contributed by atoms with Crippen molar-refractivity contribution in [3.8, 4) is 0 Å². The maximum atomic E-state index is 5.31. The largest absolute Gasteiger partial charge is 0.358 e. The van der Waals surface area contributed by atoms with Crippen LogP contribution < -0.4 is 5.32 Å². The zero-order chi connectivity index (χ0) is 10.1. The van der Waals surface area contributed by atoms with Gasteiger partial charge in [-0.15, -0.1) is 0 Å². The van der Waals surface area contributed by atoms with E-state index in [1.807, 2.05) is 19.2 Å². The minimum Gasteiger partial charge on any atom is -0.358 e. The van der Waals surface area contributed by atoms with Crippen LogP contribution >= 0.6 is 0 Å². The predicted molar refractivity (Wildman–Crippen MR) is 56.2 cm³/mol. The fourth-order valence-corrected chi connectivity index (χ4v) is 1.52. The van der Waals surface area contributed by atoms with Crippen LogP contribution in [0.5, 0.6) is 0 Å². The number of rotatable bonds is 2. The number of aryl methyl sites for hydroxylation is 1. The van der Waals surface area contributed by atoms with Gasteiger partial charge in [0.1, 0.15) is 5.52 Å². The molecule has 0 fully saturated rings. The second-order valence-electron chi connectivity index (χ2n) is 3.58. The third-order valence-electron chi connectivity index (χ3n) is 2.49. The van der Waals surface area contributed by atoms with Crippen molar-refractivity contribution in [3.05, 3.63) is 29.5 Å². The molecule has 74 valence electrons. The summed E-state index contributed by atoms with van der Waals surface area (Å²) in [5.74, 6) is 0.909. The molecule has 1 aromatic carbocycles. The fourth-order valence-electron chi connectivity index (χ4n) is 1.52. The molecule has 14 heavy (non-hydrogen) atoms. The molecule has 0 amide bonds. The molecule has 1 heterocycles. The Balaban J connectivity index is 2.61. The fraction of sp³-hybridized carbons (Fsp3) is 0.364. The zero-order valence-corrected chi connectivity index (χ0v) is 8.66. The maximum absolute atomic E-state index is 5.31. The molecule has 0 saturated heterocycles. The summed E-state index contributed by atoms with van der Waals surface area (Å²) in [6.07, 6.45) is 0. The molecule has 0 aliphatic heterocycles. The Kier molecular flexibility index (Phi) is 2.25. The Hall–Kier alpha value is -1.35. The van der Waals surface area contributed by atoms with E-state index in [-0.39, 0.29) is 6.04 Å². The van der Waals surface area contributed by atoms with E-state index in [4.69, 9.17) is 4.52 Å². The Morgan fingerprint density at radius 1 is 1.43 bits per heavy atom. The maximum Gasteiger partial charge on any atom is 0.161 e. The average molecular weight is 190 g/mol. The first-order valence-corrected chi connectivity index (χ1v) is 4.75. The molecule has 0 bridgehead atoms. The molecule has 1 aromatic heterocycles. The van der Waals surface area contributed by atoms with Crippen LogP contribution in [-0.2, 0) is 0 Å². The molecule has 3 nitrogen and oxygen atoms in total. The van der Waals surface area contributed by atoms with Crippen molar-refractivity contribution in [1.82, 2.24) is 10.5 Å². The van der Waals surface area contributed by atoms with Crippen LogP contribution in [0.15, 0.2) is 22.7 Å². The van der Waals surface area contributed by atoms with Crippen molar-refractivity contribution in [2.45, 2.75) is 19.9 Å². The summed E-state index contributed by atoms with van der Waals surface area (Å²) in [5.41, 5.74) is 2.15. The molecular weight excluding hydrogens is 176 g/mol. The average Bonchev–Trinajstić information content (AvgIpc) is 2.59. The first kappa shape index (κ1) is 9.21. The van der Waals surface area contributed by atoms with Gasteiger partial charge in [-0.1, -0.05) is 16.8 Å². The van der Waals surface area contributed by atoms with Gasteiger partial charge in [0.2, 0.25) is 0 Å². The van der Waals surface area contributed by atoms with Gasteiger partial charge in [-0.05, 0) is 33.0 Å². The Bertz CT molecular complexity index is 447. The third-order valence-corrected chi connectivity index (χ3v) is 2.49. The summed E-state index contributed by atoms with van der Waals surface area (Å²) >= 11 is 0. The summed E-state index contributed by atoms with van der Waals surface area (Å²) in [6, 6.07) is 6.33. The minimum atomic E-state index is 0.196. The van der Waals surface area contributed by atoms with E-state index in [1.54, 1.807) is 0 Å². The Labute approximate surface area is 83.1 Å². The van der Waals surface area contributed by atoms with Gasteiger partial charge >= 0.3 is 0 Å². The molecule has 2 aromatic rings. The lowest BCUT2D eigenvalue weighted by Gasteiger charge is -2.05. The molecule has 0 radical (unpaired) electrons. The van der Waals surface area contributed by atoms with Crippen molar-refractivity contribution in [2.24, 2.45) is 0 Å². The lowest BCUT2D eigenvalue weighted by Crippen LogP contribution is -2.11. The zero-order valence-electron chi connectivity index (χ0n) is 8.66. The number of aromatic nitrogens is 1. The monoisotopic (exact) mass is 190 g/mol. The van der Waals surface area contributed by atoms with Crippen LogP contribution in [0.3, 0.4) is 0 Å². The van der Waals surface area contributed by atoms with Crippen molar-refractivity contribution >= 4 is 10.9 Å². The molecule has 1 unspecified atom stereocenters. The van der Waals surface area contributed by atoms with Crippen molar-refractivity contribution in [2.75, 3.05) is 7.05 Å². The van der Waals surface area contributed by atoms with E-state index >= 15 is 0 Å². The van der Waals surface area contributed by atoms with Gasteiger partial charge < -0.3 is 9.84 Å². The molecule has 1 N–H and O–H groups in total. The lowest BCUT2D eigenvalue weighted by atomic mass is 10.1. The van der Waals surface area contributed by atoms with Crippen molar-refractivity contribution in [3.63, 3.8) is 0 Å². The van der Waals surface area contributed by atoms with E-state index in [1.165, 1.54) is 5.56 Å². The second-order valence-corrected chi connectivity index (χ2v) is 3.58. The van der Waals surface area contributed by atoms with Crippen LogP contribution in [0.2, 0.25) is 0 Å². The van der Waals surface area contributed by atoms with Crippen LogP contribution in [0, 0.1) is 6.92 Å². The normalized spacial score (nSPS) is 13.4. The summed E-state index contributed by atoms with van der Waals surface area (Å²) < 4.78 is 5.31. The van der Waals surface area contributed by atoms with Gasteiger partial charge in [0, 0.05) is 5.39 Å².